The van der Waals surface area contributed by atoms with E-state index in [1.807, 2.05) is 0 Å². The van der Waals surface area contributed by atoms with E-state index in [0.717, 1.165) is 25.2 Å². The zero-order chi connectivity index (χ0) is 14.1. The zero-order valence-corrected chi connectivity index (χ0v) is 12.8. The van der Waals surface area contributed by atoms with Crippen LogP contribution in [0.2, 0.25) is 0 Å². The lowest BCUT2D eigenvalue weighted by atomic mass is 10.1. The van der Waals surface area contributed by atoms with E-state index in [1.54, 1.807) is 0 Å². The molecule has 3 aliphatic rings. The van der Waals surface area contributed by atoms with Crippen LogP contribution >= 0.6 is 0 Å². The van der Waals surface area contributed by atoms with Gasteiger partial charge in [-0.15, -0.1) is 0 Å². The fourth-order valence-corrected chi connectivity index (χ4v) is 3.63. The van der Waals surface area contributed by atoms with Crippen molar-refractivity contribution in [1.82, 2.24) is 20.1 Å². The molecule has 2 saturated heterocycles. The zero-order valence-electron chi connectivity index (χ0n) is 12.8. The van der Waals surface area contributed by atoms with Gasteiger partial charge in [0.25, 0.3) is 0 Å². The lowest BCUT2D eigenvalue weighted by molar-refractivity contribution is 0.0984. The molecule has 0 radical (unpaired) electrons. The number of pyridine rings is 1. The minimum Gasteiger partial charge on any atom is -0.310 e. The minimum atomic E-state index is 0.771. The smallest absolute Gasteiger partial charge is 0.0544 e. The van der Waals surface area contributed by atoms with Crippen molar-refractivity contribution in [3.8, 4) is 0 Å². The average molecular weight is 286 g/mol. The van der Waals surface area contributed by atoms with Gasteiger partial charge in [0.2, 0.25) is 0 Å². The Balaban J connectivity index is 1.29. The standard InChI is InChI=1S/C17H26N4/c1-2-17-13-20(8-9-21(17)7-1)12-16-4-3-14(11-19-16)10-18-15-5-6-15/h3-4,11,15,17-18H,1-2,5-10,12-13H2. The molecule has 1 saturated carbocycles. The van der Waals surface area contributed by atoms with Crippen molar-refractivity contribution in [2.24, 2.45) is 0 Å². The van der Waals surface area contributed by atoms with Gasteiger partial charge < -0.3 is 5.32 Å². The molecule has 0 aromatic carbocycles. The van der Waals surface area contributed by atoms with Crippen molar-refractivity contribution >= 4 is 0 Å². The van der Waals surface area contributed by atoms with Crippen LogP contribution < -0.4 is 5.32 Å². The Morgan fingerprint density at radius 2 is 2.10 bits per heavy atom. The Kier molecular flexibility index (Phi) is 3.93. The van der Waals surface area contributed by atoms with Gasteiger partial charge in [0.05, 0.1) is 5.69 Å². The second-order valence-electron chi connectivity index (χ2n) is 6.88. The fraction of sp³-hybridized carbons (Fsp3) is 0.706. The van der Waals surface area contributed by atoms with E-state index in [9.17, 15) is 0 Å². The minimum absolute atomic E-state index is 0.771. The molecule has 114 valence electrons. The molecule has 1 aromatic heterocycles. The average Bonchev–Trinajstić information content (AvgIpc) is 3.23. The first-order chi connectivity index (χ1) is 10.4. The summed E-state index contributed by atoms with van der Waals surface area (Å²) in [5.74, 6) is 0. The second-order valence-corrected chi connectivity index (χ2v) is 6.88. The van der Waals surface area contributed by atoms with Crippen LogP contribution in [0.25, 0.3) is 0 Å². The van der Waals surface area contributed by atoms with E-state index in [0.29, 0.717) is 0 Å². The van der Waals surface area contributed by atoms with Gasteiger partial charge in [-0.3, -0.25) is 14.8 Å². The van der Waals surface area contributed by atoms with E-state index in [-0.39, 0.29) is 0 Å². The SMILES string of the molecule is c1cc(CN2CCN3CCCC3C2)ncc1CNC1CC1. The van der Waals surface area contributed by atoms with E-state index < -0.39 is 0 Å². The molecule has 1 aromatic rings. The number of fused-ring (bicyclic) bond motifs is 1. The van der Waals surface area contributed by atoms with Gasteiger partial charge in [-0.05, 0) is 43.9 Å². The van der Waals surface area contributed by atoms with E-state index in [4.69, 9.17) is 0 Å². The Labute approximate surface area is 127 Å². The highest BCUT2D eigenvalue weighted by molar-refractivity contribution is 5.14. The largest absolute Gasteiger partial charge is 0.310 e. The molecule has 2 aliphatic heterocycles. The van der Waals surface area contributed by atoms with Crippen LogP contribution in [0.15, 0.2) is 18.3 Å². The molecular weight excluding hydrogens is 260 g/mol. The molecule has 3 fully saturated rings. The fourth-order valence-electron chi connectivity index (χ4n) is 3.63. The van der Waals surface area contributed by atoms with Crippen LogP contribution in [0.3, 0.4) is 0 Å². The van der Waals surface area contributed by atoms with Gasteiger partial charge in [0, 0.05) is 51.0 Å². The molecule has 1 unspecified atom stereocenters. The molecule has 1 aliphatic carbocycles. The van der Waals surface area contributed by atoms with Crippen molar-refractivity contribution in [2.45, 2.75) is 50.9 Å². The molecule has 0 spiro atoms. The van der Waals surface area contributed by atoms with E-state index in [2.05, 4.69) is 38.4 Å². The molecule has 1 atom stereocenters. The van der Waals surface area contributed by atoms with Crippen molar-refractivity contribution in [3.63, 3.8) is 0 Å². The number of nitrogens with zero attached hydrogens (tertiary/aromatic N) is 3. The molecule has 0 bridgehead atoms. The van der Waals surface area contributed by atoms with Gasteiger partial charge in [0.1, 0.15) is 0 Å². The summed E-state index contributed by atoms with van der Waals surface area (Å²) in [6, 6.07) is 6.03. The second kappa shape index (κ2) is 6.03. The van der Waals surface area contributed by atoms with Gasteiger partial charge in [0.15, 0.2) is 0 Å². The van der Waals surface area contributed by atoms with E-state index in [1.165, 1.54) is 63.1 Å². The van der Waals surface area contributed by atoms with Crippen LogP contribution in [0.1, 0.15) is 36.9 Å². The van der Waals surface area contributed by atoms with Crippen molar-refractivity contribution < 1.29 is 0 Å². The molecule has 0 amide bonds. The Hall–Kier alpha value is -0.970. The van der Waals surface area contributed by atoms with Gasteiger partial charge in [-0.2, -0.15) is 0 Å². The van der Waals surface area contributed by atoms with Crippen LogP contribution in [-0.4, -0.2) is 53.0 Å². The Morgan fingerprint density at radius 1 is 1.14 bits per heavy atom. The maximum atomic E-state index is 4.66. The predicted molar refractivity (Wildman–Crippen MR) is 84.0 cm³/mol. The first-order valence-corrected chi connectivity index (χ1v) is 8.50. The molecule has 4 rings (SSSR count). The van der Waals surface area contributed by atoms with Crippen molar-refractivity contribution in [1.29, 1.82) is 0 Å². The number of aromatic nitrogens is 1. The number of hydrogen-bond donors (Lipinski definition) is 1. The summed E-state index contributed by atoms with van der Waals surface area (Å²) in [7, 11) is 0. The Morgan fingerprint density at radius 3 is 2.90 bits per heavy atom. The van der Waals surface area contributed by atoms with Gasteiger partial charge >= 0.3 is 0 Å². The summed E-state index contributed by atoms with van der Waals surface area (Å²) in [5.41, 5.74) is 2.53. The first-order valence-electron chi connectivity index (χ1n) is 8.50. The topological polar surface area (TPSA) is 31.4 Å². The van der Waals surface area contributed by atoms with E-state index >= 15 is 0 Å². The maximum Gasteiger partial charge on any atom is 0.0544 e. The van der Waals surface area contributed by atoms with Crippen LogP contribution in [0.4, 0.5) is 0 Å². The van der Waals surface area contributed by atoms with Crippen LogP contribution in [-0.2, 0) is 13.1 Å². The van der Waals surface area contributed by atoms with Gasteiger partial charge in [-0.25, -0.2) is 0 Å². The summed E-state index contributed by atoms with van der Waals surface area (Å²) in [6.07, 6.45) is 7.52. The lowest BCUT2D eigenvalue weighted by Gasteiger charge is -2.37. The third-order valence-corrected chi connectivity index (χ3v) is 5.12. The number of piperazine rings is 1. The summed E-state index contributed by atoms with van der Waals surface area (Å²) in [6.45, 7) is 6.97. The molecule has 4 heteroatoms. The van der Waals surface area contributed by atoms with Gasteiger partial charge in [-0.1, -0.05) is 6.07 Å². The number of hydrogen-bond acceptors (Lipinski definition) is 4. The van der Waals surface area contributed by atoms with Crippen LogP contribution in [0, 0.1) is 0 Å². The Bertz CT molecular complexity index is 468. The molecule has 1 N–H and O–H groups in total. The first kappa shape index (κ1) is 13.7. The third kappa shape index (κ3) is 3.44. The predicted octanol–water partition coefficient (Wildman–Crippen LogP) is 1.61. The highest BCUT2D eigenvalue weighted by atomic mass is 15.3. The number of nitrogens with one attached hydrogen (secondary N) is 1. The number of rotatable bonds is 5. The maximum absolute atomic E-state index is 4.66. The van der Waals surface area contributed by atoms with Crippen molar-refractivity contribution in [2.75, 3.05) is 26.2 Å². The van der Waals surface area contributed by atoms with Crippen LogP contribution in [0.5, 0.6) is 0 Å². The monoisotopic (exact) mass is 286 g/mol. The summed E-state index contributed by atoms with van der Waals surface area (Å²) in [4.78, 5) is 9.90. The highest BCUT2D eigenvalue weighted by Gasteiger charge is 2.30. The normalized spacial score (nSPS) is 27.0. The van der Waals surface area contributed by atoms with Crippen molar-refractivity contribution in [3.05, 3.63) is 29.6 Å². The summed E-state index contributed by atoms with van der Waals surface area (Å²) >= 11 is 0. The quantitative estimate of drug-likeness (QED) is 0.891. The lowest BCUT2D eigenvalue weighted by Crippen LogP contribution is -2.49. The third-order valence-electron chi connectivity index (χ3n) is 5.12. The molecule has 3 heterocycles. The molecule has 4 nitrogen and oxygen atoms in total. The highest BCUT2D eigenvalue weighted by Crippen LogP contribution is 2.22. The molecular formula is C17H26N4. The molecule has 21 heavy (non-hydrogen) atoms. The summed E-state index contributed by atoms with van der Waals surface area (Å²) < 4.78 is 0. The summed E-state index contributed by atoms with van der Waals surface area (Å²) in [5, 5.41) is 3.54.